The van der Waals surface area contributed by atoms with Crippen LogP contribution in [0.15, 0.2) is 197 Å². The van der Waals surface area contributed by atoms with Crippen LogP contribution in [0.2, 0.25) is 0 Å². The first-order valence-electron chi connectivity index (χ1n) is 19.5. The third-order valence-electron chi connectivity index (χ3n) is 11.2. The molecule has 2 aromatic heterocycles. The zero-order valence-corrected chi connectivity index (χ0v) is 31.9. The van der Waals surface area contributed by atoms with Crippen LogP contribution in [0.3, 0.4) is 0 Å². The Balaban J connectivity index is 1.29. The maximum Gasteiger partial charge on any atom is 0.343 e. The van der Waals surface area contributed by atoms with Gasteiger partial charge < -0.3 is 19.4 Å². The van der Waals surface area contributed by atoms with E-state index in [4.69, 9.17) is 19.5 Å². The average Bonchev–Trinajstić information content (AvgIpc) is 4.13. The highest BCUT2D eigenvalue weighted by molar-refractivity contribution is 6.33. The quantitative estimate of drug-likeness (QED) is 0.165. The van der Waals surface area contributed by atoms with Crippen molar-refractivity contribution in [3.8, 4) is 33.9 Å². The Morgan fingerprint density at radius 1 is 0.525 bits per heavy atom. The van der Waals surface area contributed by atoms with Crippen molar-refractivity contribution < 1.29 is 14.3 Å². The number of esters is 1. The molecule has 0 aliphatic carbocycles. The first-order valence-corrected chi connectivity index (χ1v) is 19.5. The van der Waals surface area contributed by atoms with Gasteiger partial charge in [-0.25, -0.2) is 14.8 Å². The predicted molar refractivity (Wildman–Crippen MR) is 237 cm³/mol. The van der Waals surface area contributed by atoms with Gasteiger partial charge in [-0.3, -0.25) is 0 Å². The fourth-order valence-electron chi connectivity index (χ4n) is 8.49. The van der Waals surface area contributed by atoms with E-state index in [-0.39, 0.29) is 0 Å². The number of aromatic amines is 2. The summed E-state index contributed by atoms with van der Waals surface area (Å²) >= 11 is 0. The lowest BCUT2D eigenvalue weighted by Gasteiger charge is -2.16. The van der Waals surface area contributed by atoms with Gasteiger partial charge in [-0.1, -0.05) is 115 Å². The van der Waals surface area contributed by atoms with E-state index < -0.39 is 5.97 Å². The lowest BCUT2D eigenvalue weighted by molar-refractivity contribution is 0.0737. The number of H-pyrrole nitrogens is 2. The molecule has 0 amide bonds. The molecule has 3 aliphatic rings. The van der Waals surface area contributed by atoms with Gasteiger partial charge in [0.1, 0.15) is 11.4 Å². The van der Waals surface area contributed by atoms with E-state index in [2.05, 4.69) is 101 Å². The Morgan fingerprint density at radius 2 is 1.10 bits per heavy atom. The number of rotatable bonds is 6. The Kier molecular flexibility index (Phi) is 8.05. The lowest BCUT2D eigenvalue weighted by Crippen LogP contribution is -2.10. The first kappa shape index (κ1) is 34.2. The minimum absolute atomic E-state index is 0.390. The zero-order valence-electron chi connectivity index (χ0n) is 31.9. The fourth-order valence-corrected chi connectivity index (χ4v) is 8.49. The van der Waals surface area contributed by atoms with E-state index in [0.717, 1.165) is 94.9 Å². The van der Waals surface area contributed by atoms with Crippen LogP contribution in [-0.2, 0) is 0 Å². The highest BCUT2D eigenvalue weighted by Gasteiger charge is 2.30. The molecule has 6 aromatic carbocycles. The standard InChI is InChI=1S/C52H34N4O3/c1-58-35-23-21-33(22-24-35)44-36-19-11-12-20-37(36)47-42-28-27-40(54-42)45(31-13-5-2-6-14-31)38-25-26-39(53-38)46(32-15-7-3-8-16-32)41-29-30-43(55-41)49-51(48(44)50(47)56-49)59-52(57)34-17-9-4-10-18-34/h2-30,54,56H,1H3. The Labute approximate surface area is 339 Å². The summed E-state index contributed by atoms with van der Waals surface area (Å²) in [5.41, 5.74) is 13.3. The number of hydrogen-bond donors (Lipinski definition) is 2. The Morgan fingerprint density at radius 3 is 1.80 bits per heavy atom. The van der Waals surface area contributed by atoms with Crippen molar-refractivity contribution in [2.75, 3.05) is 7.11 Å². The molecule has 0 unspecified atom stereocenters. The van der Waals surface area contributed by atoms with Gasteiger partial charge in [0, 0.05) is 33.7 Å². The molecule has 7 heteroatoms. The van der Waals surface area contributed by atoms with Crippen LogP contribution in [0.5, 0.6) is 11.5 Å². The topological polar surface area (TPSA) is 91.8 Å². The molecule has 59 heavy (non-hydrogen) atoms. The lowest BCUT2D eigenvalue weighted by atomic mass is 9.90. The Bertz CT molecular complexity index is 3200. The van der Waals surface area contributed by atoms with Crippen LogP contribution < -0.4 is 9.47 Å². The number of fused-ring (bicyclic) bond motifs is 9. The number of nitrogens with zero attached hydrogens (tertiary/aromatic N) is 2. The summed E-state index contributed by atoms with van der Waals surface area (Å²) in [6, 6.07) is 50.3. The van der Waals surface area contributed by atoms with Gasteiger partial charge in [0.05, 0.1) is 46.4 Å². The second-order valence-electron chi connectivity index (χ2n) is 14.6. The van der Waals surface area contributed by atoms with Crippen molar-refractivity contribution in [1.29, 1.82) is 0 Å². The van der Waals surface area contributed by atoms with Gasteiger partial charge in [0.25, 0.3) is 0 Å². The van der Waals surface area contributed by atoms with Crippen LogP contribution in [-0.4, -0.2) is 34.5 Å². The molecule has 0 saturated heterocycles. The van der Waals surface area contributed by atoms with Crippen molar-refractivity contribution in [2.45, 2.75) is 0 Å². The predicted octanol–water partition coefficient (Wildman–Crippen LogP) is 11.8. The summed E-state index contributed by atoms with van der Waals surface area (Å²) in [6.45, 7) is 0. The van der Waals surface area contributed by atoms with Gasteiger partial charge in [-0.15, -0.1) is 0 Å². The van der Waals surface area contributed by atoms with E-state index in [1.807, 2.05) is 72.8 Å². The molecule has 8 bridgehead atoms. The molecule has 0 fully saturated rings. The van der Waals surface area contributed by atoms with Gasteiger partial charge in [-0.2, -0.15) is 0 Å². The number of benzene rings is 6. The summed E-state index contributed by atoms with van der Waals surface area (Å²) in [4.78, 5) is 32.5. The molecule has 0 radical (unpaired) electrons. The molecule has 3 aliphatic heterocycles. The highest BCUT2D eigenvalue weighted by atomic mass is 16.5. The van der Waals surface area contributed by atoms with E-state index in [0.29, 0.717) is 22.7 Å². The van der Waals surface area contributed by atoms with Gasteiger partial charge >= 0.3 is 5.97 Å². The van der Waals surface area contributed by atoms with Crippen LogP contribution in [0.25, 0.3) is 55.2 Å². The molecular weight excluding hydrogens is 729 g/mol. The monoisotopic (exact) mass is 762 g/mol. The maximum atomic E-state index is 14.2. The molecule has 0 spiro atoms. The SMILES string of the molecule is COc1ccc(-c2c3ccccc3c3c4[nH]c(c(OC(=O)c5ccccc5)c24)C2=NC(=C(c4ccccc4)C4=NC(=C(c5ccccc5)c5ccc-3[nH]5)C=C4)C=C2)cc1. The highest BCUT2D eigenvalue weighted by Crippen LogP contribution is 2.49. The zero-order chi connectivity index (χ0) is 39.5. The Hall–Kier alpha value is -8.03. The summed E-state index contributed by atoms with van der Waals surface area (Å²) in [5, 5.41) is 2.77. The smallest absolute Gasteiger partial charge is 0.343 e. The van der Waals surface area contributed by atoms with Crippen LogP contribution in [0, 0.1) is 0 Å². The number of aliphatic imine (C=N–C) groups is 2. The molecular formula is C52H34N4O3. The average molecular weight is 763 g/mol. The maximum absolute atomic E-state index is 14.2. The van der Waals surface area contributed by atoms with Crippen molar-refractivity contribution in [3.05, 3.63) is 215 Å². The summed E-state index contributed by atoms with van der Waals surface area (Å²) in [6.07, 6.45) is 8.16. The van der Waals surface area contributed by atoms with Crippen molar-refractivity contribution in [1.82, 2.24) is 9.97 Å². The number of carbonyl (C=O) groups is 1. The van der Waals surface area contributed by atoms with Crippen LogP contribution in [0.4, 0.5) is 0 Å². The summed E-state index contributed by atoms with van der Waals surface area (Å²) in [5.74, 6) is 0.660. The molecule has 280 valence electrons. The third-order valence-corrected chi connectivity index (χ3v) is 11.2. The van der Waals surface area contributed by atoms with Crippen molar-refractivity contribution >= 4 is 50.2 Å². The van der Waals surface area contributed by atoms with E-state index in [1.165, 1.54) is 0 Å². The number of hydrogen-bond acceptors (Lipinski definition) is 5. The molecule has 7 nitrogen and oxygen atoms in total. The van der Waals surface area contributed by atoms with Crippen LogP contribution in [0.1, 0.15) is 32.9 Å². The van der Waals surface area contributed by atoms with Crippen molar-refractivity contribution in [3.63, 3.8) is 0 Å². The van der Waals surface area contributed by atoms with Gasteiger partial charge in [-0.05, 0) is 88.2 Å². The normalized spacial score (nSPS) is 14.2. The number of aromatic nitrogens is 2. The second kappa shape index (κ2) is 13.9. The summed E-state index contributed by atoms with van der Waals surface area (Å²) in [7, 11) is 1.66. The molecule has 0 atom stereocenters. The third kappa shape index (κ3) is 5.70. The van der Waals surface area contributed by atoms with Crippen molar-refractivity contribution in [2.24, 2.45) is 9.98 Å². The summed E-state index contributed by atoms with van der Waals surface area (Å²) < 4.78 is 12.2. The minimum atomic E-state index is -0.473. The largest absolute Gasteiger partial charge is 0.497 e. The van der Waals surface area contributed by atoms with E-state index in [1.54, 1.807) is 19.2 Å². The number of ether oxygens (including phenoxy) is 2. The number of carbonyl (C=O) groups excluding carboxylic acids is 1. The second-order valence-corrected chi connectivity index (χ2v) is 14.6. The molecule has 2 N–H and O–H groups in total. The fraction of sp³-hybridized carbons (Fsp3) is 0.0192. The van der Waals surface area contributed by atoms with Gasteiger partial charge in [0.2, 0.25) is 0 Å². The van der Waals surface area contributed by atoms with Gasteiger partial charge in [0.15, 0.2) is 5.75 Å². The minimum Gasteiger partial charge on any atom is -0.497 e. The molecule has 0 saturated carbocycles. The number of methoxy groups -OCH3 is 1. The number of nitrogens with one attached hydrogen (secondary N) is 2. The first-order chi connectivity index (χ1) is 29.1. The van der Waals surface area contributed by atoms with E-state index >= 15 is 0 Å². The number of allylic oxidation sites excluding steroid dienone is 5. The van der Waals surface area contributed by atoms with Crippen LogP contribution >= 0.6 is 0 Å². The molecule has 8 aromatic rings. The molecule has 11 rings (SSSR count). The van der Waals surface area contributed by atoms with E-state index in [9.17, 15) is 4.79 Å². The molecule has 5 heterocycles.